The highest BCUT2D eigenvalue weighted by atomic mass is 35.5. The molecule has 1 aliphatic rings. The van der Waals surface area contributed by atoms with Gasteiger partial charge in [-0.25, -0.2) is 4.98 Å². The first-order valence-electron chi connectivity index (χ1n) is 6.20. The minimum absolute atomic E-state index is 0.320. The molecule has 2 unspecified atom stereocenters. The highest BCUT2D eigenvalue weighted by Gasteiger charge is 2.25. The lowest BCUT2D eigenvalue weighted by molar-refractivity contribution is 0.192. The van der Waals surface area contributed by atoms with Crippen molar-refractivity contribution in [2.75, 3.05) is 13.2 Å². The van der Waals surface area contributed by atoms with Gasteiger partial charge >= 0.3 is 0 Å². The van der Waals surface area contributed by atoms with E-state index in [4.69, 9.17) is 11.6 Å². The molecule has 96 valence electrons. The van der Waals surface area contributed by atoms with E-state index in [0.29, 0.717) is 23.6 Å². The molecule has 1 saturated carbocycles. The second-order valence-electron chi connectivity index (χ2n) is 4.82. The summed E-state index contributed by atoms with van der Waals surface area (Å²) in [6.07, 6.45) is 5.30. The molecular formula is C12H20ClN3O. The third-order valence-corrected chi connectivity index (χ3v) is 4.12. The van der Waals surface area contributed by atoms with Crippen LogP contribution in [0.25, 0.3) is 0 Å². The Hall–Kier alpha value is -0.580. The Morgan fingerprint density at radius 2 is 2.29 bits per heavy atom. The highest BCUT2D eigenvalue weighted by molar-refractivity contribution is 6.29. The molecule has 2 atom stereocenters. The summed E-state index contributed by atoms with van der Waals surface area (Å²) < 4.78 is 1.88. The Morgan fingerprint density at radius 1 is 1.53 bits per heavy atom. The van der Waals surface area contributed by atoms with Crippen molar-refractivity contribution in [3.8, 4) is 0 Å². The van der Waals surface area contributed by atoms with E-state index in [-0.39, 0.29) is 0 Å². The van der Waals surface area contributed by atoms with Gasteiger partial charge in [0.25, 0.3) is 0 Å². The Labute approximate surface area is 107 Å². The van der Waals surface area contributed by atoms with Crippen LogP contribution in [-0.4, -0.2) is 27.8 Å². The minimum atomic E-state index is 0.320. The molecule has 1 aromatic rings. The van der Waals surface area contributed by atoms with Gasteiger partial charge in [0.15, 0.2) is 0 Å². The number of hydrogen-bond donors (Lipinski definition) is 2. The van der Waals surface area contributed by atoms with Crippen molar-refractivity contribution in [3.63, 3.8) is 0 Å². The van der Waals surface area contributed by atoms with Crippen LogP contribution in [0.1, 0.15) is 25.1 Å². The molecule has 1 aromatic heterocycles. The van der Waals surface area contributed by atoms with Crippen LogP contribution in [0, 0.1) is 11.8 Å². The van der Waals surface area contributed by atoms with Crippen LogP contribution in [0.2, 0.25) is 5.15 Å². The first-order valence-corrected chi connectivity index (χ1v) is 6.58. The van der Waals surface area contributed by atoms with Gasteiger partial charge in [0, 0.05) is 13.7 Å². The van der Waals surface area contributed by atoms with E-state index in [1.54, 1.807) is 6.20 Å². The summed E-state index contributed by atoms with van der Waals surface area (Å²) in [6, 6.07) is 0. The zero-order chi connectivity index (χ0) is 12.3. The molecule has 2 N–H and O–H groups in total. The van der Waals surface area contributed by atoms with Crippen molar-refractivity contribution >= 4 is 11.6 Å². The third-order valence-electron chi connectivity index (χ3n) is 3.77. The average Bonchev–Trinajstić information content (AvgIpc) is 2.90. The zero-order valence-corrected chi connectivity index (χ0v) is 11.0. The number of rotatable bonds is 5. The second-order valence-corrected chi connectivity index (χ2v) is 5.21. The minimum Gasteiger partial charge on any atom is -0.396 e. The van der Waals surface area contributed by atoms with Crippen LogP contribution < -0.4 is 5.32 Å². The lowest BCUT2D eigenvalue weighted by atomic mass is 9.97. The van der Waals surface area contributed by atoms with Gasteiger partial charge in [0.2, 0.25) is 0 Å². The molecule has 2 rings (SSSR count). The quantitative estimate of drug-likeness (QED) is 0.842. The predicted molar refractivity (Wildman–Crippen MR) is 67.8 cm³/mol. The van der Waals surface area contributed by atoms with Gasteiger partial charge in [0.1, 0.15) is 11.0 Å². The zero-order valence-electron chi connectivity index (χ0n) is 10.2. The molecular weight excluding hydrogens is 238 g/mol. The van der Waals surface area contributed by atoms with E-state index in [0.717, 1.165) is 25.3 Å². The number of aliphatic hydroxyl groups excluding tert-OH is 1. The van der Waals surface area contributed by atoms with E-state index in [1.807, 2.05) is 11.6 Å². The number of aliphatic hydroxyl groups is 1. The van der Waals surface area contributed by atoms with Crippen molar-refractivity contribution < 1.29 is 5.11 Å². The molecule has 17 heavy (non-hydrogen) atoms. The summed E-state index contributed by atoms with van der Waals surface area (Å²) in [5.41, 5.74) is 0. The number of aromatic nitrogens is 2. The number of hydrogen-bond acceptors (Lipinski definition) is 3. The summed E-state index contributed by atoms with van der Waals surface area (Å²) in [6.45, 7) is 2.01. The maximum Gasteiger partial charge on any atom is 0.128 e. The predicted octanol–water partition coefficient (Wildman–Crippen LogP) is 1.57. The van der Waals surface area contributed by atoms with Gasteiger partial charge in [-0.05, 0) is 31.2 Å². The Kier molecular flexibility index (Phi) is 4.42. The maximum absolute atomic E-state index is 9.24. The first-order chi connectivity index (χ1) is 8.22. The van der Waals surface area contributed by atoms with E-state index in [2.05, 4.69) is 10.3 Å². The summed E-state index contributed by atoms with van der Waals surface area (Å²) in [5, 5.41) is 13.3. The Morgan fingerprint density at radius 3 is 2.94 bits per heavy atom. The summed E-state index contributed by atoms with van der Waals surface area (Å²) in [4.78, 5) is 4.24. The van der Waals surface area contributed by atoms with Gasteiger partial charge in [-0.3, -0.25) is 0 Å². The van der Waals surface area contributed by atoms with Gasteiger partial charge in [-0.15, -0.1) is 0 Å². The lowest BCUT2D eigenvalue weighted by Gasteiger charge is -2.17. The van der Waals surface area contributed by atoms with Crippen LogP contribution in [0.5, 0.6) is 0 Å². The Bertz CT molecular complexity index is 367. The summed E-state index contributed by atoms with van der Waals surface area (Å²) >= 11 is 5.92. The van der Waals surface area contributed by atoms with Crippen molar-refractivity contribution in [1.29, 1.82) is 0 Å². The largest absolute Gasteiger partial charge is 0.396 e. The number of nitrogens with one attached hydrogen (secondary N) is 1. The van der Waals surface area contributed by atoms with Gasteiger partial charge in [-0.2, -0.15) is 0 Å². The summed E-state index contributed by atoms with van der Waals surface area (Å²) in [7, 11) is 1.92. The molecule has 0 saturated heterocycles. The maximum atomic E-state index is 9.24. The molecule has 0 spiro atoms. The fraction of sp³-hybridized carbons (Fsp3) is 0.750. The molecule has 1 fully saturated rings. The summed E-state index contributed by atoms with van der Waals surface area (Å²) in [5.74, 6) is 2.04. The standard InChI is InChI=1S/C12H20ClN3O/c1-16-11(13)6-15-12(16)7-14-5-9-3-2-4-10(9)8-17/h6,9-10,14,17H,2-5,7-8H2,1H3. The molecule has 0 amide bonds. The SMILES string of the molecule is Cn1c(Cl)cnc1CNCC1CCCC1CO. The average molecular weight is 258 g/mol. The van der Waals surface area contributed by atoms with Gasteiger partial charge < -0.3 is 15.0 Å². The number of halogens is 1. The first kappa shape index (κ1) is 12.9. The van der Waals surface area contributed by atoms with Crippen LogP contribution in [0.3, 0.4) is 0 Å². The lowest BCUT2D eigenvalue weighted by Crippen LogP contribution is -2.27. The normalized spacial score (nSPS) is 24.4. The number of nitrogens with zero attached hydrogens (tertiary/aromatic N) is 2. The third kappa shape index (κ3) is 3.00. The fourth-order valence-electron chi connectivity index (χ4n) is 2.58. The monoisotopic (exact) mass is 257 g/mol. The number of imidazole rings is 1. The molecule has 0 aliphatic heterocycles. The van der Waals surface area contributed by atoms with Crippen LogP contribution in [-0.2, 0) is 13.6 Å². The topological polar surface area (TPSA) is 50.1 Å². The molecule has 0 bridgehead atoms. The van der Waals surface area contributed by atoms with E-state index >= 15 is 0 Å². The van der Waals surface area contributed by atoms with Crippen molar-refractivity contribution in [1.82, 2.24) is 14.9 Å². The molecule has 0 radical (unpaired) electrons. The molecule has 1 aliphatic carbocycles. The highest BCUT2D eigenvalue weighted by Crippen LogP contribution is 2.30. The van der Waals surface area contributed by atoms with Crippen molar-refractivity contribution in [3.05, 3.63) is 17.2 Å². The van der Waals surface area contributed by atoms with Gasteiger partial charge in [0.05, 0.1) is 12.7 Å². The fourth-order valence-corrected chi connectivity index (χ4v) is 2.73. The molecule has 1 heterocycles. The van der Waals surface area contributed by atoms with E-state index in [9.17, 15) is 5.11 Å². The van der Waals surface area contributed by atoms with E-state index < -0.39 is 0 Å². The van der Waals surface area contributed by atoms with E-state index in [1.165, 1.54) is 12.8 Å². The van der Waals surface area contributed by atoms with Crippen LogP contribution >= 0.6 is 11.6 Å². The molecule has 0 aromatic carbocycles. The second kappa shape index (κ2) is 5.85. The van der Waals surface area contributed by atoms with Crippen molar-refractivity contribution in [2.45, 2.75) is 25.8 Å². The van der Waals surface area contributed by atoms with Crippen LogP contribution in [0.15, 0.2) is 6.20 Å². The van der Waals surface area contributed by atoms with Crippen molar-refractivity contribution in [2.24, 2.45) is 18.9 Å². The smallest absolute Gasteiger partial charge is 0.128 e. The van der Waals surface area contributed by atoms with Gasteiger partial charge in [-0.1, -0.05) is 18.0 Å². The van der Waals surface area contributed by atoms with Crippen LogP contribution in [0.4, 0.5) is 0 Å². The Balaban J connectivity index is 1.78. The molecule has 4 nitrogen and oxygen atoms in total. The molecule has 5 heteroatoms.